The van der Waals surface area contributed by atoms with E-state index in [0.29, 0.717) is 35.1 Å². The highest BCUT2D eigenvalue weighted by Gasteiger charge is 2.10. The van der Waals surface area contributed by atoms with Gasteiger partial charge in [0, 0.05) is 0 Å². The number of hydrogen-bond acceptors (Lipinski definition) is 2. The van der Waals surface area contributed by atoms with E-state index in [1.54, 1.807) is 25.1 Å². The molecule has 0 aliphatic rings. The minimum absolute atomic E-state index is 0.256. The van der Waals surface area contributed by atoms with Crippen molar-refractivity contribution in [2.24, 2.45) is 5.73 Å². The molecule has 2 aromatic rings. The molecule has 2 rings (SSSR count). The number of nitrogens with two attached hydrogens (primary N) is 1. The van der Waals surface area contributed by atoms with Crippen molar-refractivity contribution in [3.8, 4) is 11.5 Å². The third-order valence-corrected chi connectivity index (χ3v) is 3.11. The largest absolute Gasteiger partial charge is 0.456 e. The smallest absolute Gasteiger partial charge is 0.149 e. The third-order valence-electron chi connectivity index (χ3n) is 2.81. The fraction of sp³-hybridized carbons (Fsp3) is 0.200. The van der Waals surface area contributed by atoms with Crippen LogP contribution in [0.3, 0.4) is 0 Å². The first-order valence-corrected chi connectivity index (χ1v) is 6.41. The van der Waals surface area contributed by atoms with Gasteiger partial charge in [-0.3, -0.25) is 0 Å². The van der Waals surface area contributed by atoms with E-state index in [0.717, 1.165) is 5.56 Å². The maximum Gasteiger partial charge on any atom is 0.149 e. The first-order chi connectivity index (χ1) is 9.11. The van der Waals surface area contributed by atoms with Crippen LogP contribution in [-0.2, 0) is 6.42 Å². The quantitative estimate of drug-likeness (QED) is 0.915. The predicted molar refractivity (Wildman–Crippen MR) is 75.4 cm³/mol. The Morgan fingerprint density at radius 1 is 1.26 bits per heavy atom. The van der Waals surface area contributed by atoms with Gasteiger partial charge in [0.15, 0.2) is 0 Å². The highest BCUT2D eigenvalue weighted by Crippen LogP contribution is 2.33. The average Bonchev–Trinajstić information content (AvgIpc) is 2.38. The summed E-state index contributed by atoms with van der Waals surface area (Å²) >= 11 is 6.15. The molecule has 0 spiro atoms. The van der Waals surface area contributed by atoms with Gasteiger partial charge in [0.1, 0.15) is 17.3 Å². The summed E-state index contributed by atoms with van der Waals surface area (Å²) < 4.78 is 19.0. The predicted octanol–water partition coefficient (Wildman–Crippen LogP) is 4.08. The summed E-state index contributed by atoms with van der Waals surface area (Å²) in [5, 5.41) is 0.521. The molecule has 0 atom stereocenters. The zero-order valence-electron chi connectivity index (χ0n) is 10.6. The maximum atomic E-state index is 13.2. The van der Waals surface area contributed by atoms with Gasteiger partial charge in [-0.25, -0.2) is 4.39 Å². The SMILES string of the molecule is Cc1cc(Oc2c(Cl)cccc2CCN)ccc1F. The molecule has 0 radical (unpaired) electrons. The summed E-state index contributed by atoms with van der Waals surface area (Å²) in [7, 11) is 0. The Bertz CT molecular complexity index is 586. The van der Waals surface area contributed by atoms with Crippen LogP contribution >= 0.6 is 11.6 Å². The topological polar surface area (TPSA) is 35.2 Å². The lowest BCUT2D eigenvalue weighted by molar-refractivity contribution is 0.473. The van der Waals surface area contributed by atoms with Gasteiger partial charge in [-0.15, -0.1) is 0 Å². The van der Waals surface area contributed by atoms with Gasteiger partial charge in [-0.05, 0) is 55.3 Å². The Kier molecular flexibility index (Phi) is 4.40. The van der Waals surface area contributed by atoms with Gasteiger partial charge in [0.25, 0.3) is 0 Å². The average molecular weight is 280 g/mol. The van der Waals surface area contributed by atoms with Crippen molar-refractivity contribution in [3.63, 3.8) is 0 Å². The number of rotatable bonds is 4. The van der Waals surface area contributed by atoms with Crippen molar-refractivity contribution < 1.29 is 9.13 Å². The molecule has 4 heteroatoms. The number of halogens is 2. The Balaban J connectivity index is 2.34. The van der Waals surface area contributed by atoms with Gasteiger partial charge in [0.05, 0.1) is 5.02 Å². The normalized spacial score (nSPS) is 10.5. The van der Waals surface area contributed by atoms with Crippen molar-refractivity contribution in [1.82, 2.24) is 0 Å². The first kappa shape index (κ1) is 13.8. The van der Waals surface area contributed by atoms with Crippen molar-refractivity contribution in [1.29, 1.82) is 0 Å². The Morgan fingerprint density at radius 2 is 2.05 bits per heavy atom. The highest BCUT2D eigenvalue weighted by atomic mass is 35.5. The Labute approximate surface area is 117 Å². The van der Waals surface area contributed by atoms with Gasteiger partial charge in [-0.2, -0.15) is 0 Å². The van der Waals surface area contributed by atoms with Crippen molar-refractivity contribution in [2.45, 2.75) is 13.3 Å². The van der Waals surface area contributed by atoms with Crippen LogP contribution in [0.5, 0.6) is 11.5 Å². The van der Waals surface area contributed by atoms with Gasteiger partial charge in [-0.1, -0.05) is 23.7 Å². The third kappa shape index (κ3) is 3.25. The van der Waals surface area contributed by atoms with E-state index < -0.39 is 0 Å². The molecule has 2 aromatic carbocycles. The molecule has 19 heavy (non-hydrogen) atoms. The van der Waals surface area contributed by atoms with E-state index in [4.69, 9.17) is 22.1 Å². The molecule has 2 N–H and O–H groups in total. The molecule has 0 bridgehead atoms. The molecule has 2 nitrogen and oxygen atoms in total. The van der Waals surface area contributed by atoms with Crippen LogP contribution in [-0.4, -0.2) is 6.54 Å². The fourth-order valence-corrected chi connectivity index (χ4v) is 2.05. The minimum atomic E-state index is -0.256. The molecule has 0 amide bonds. The summed E-state index contributed by atoms with van der Waals surface area (Å²) in [5.74, 6) is 0.889. The van der Waals surface area contributed by atoms with Gasteiger partial charge in [0.2, 0.25) is 0 Å². The zero-order valence-corrected chi connectivity index (χ0v) is 11.4. The number of para-hydroxylation sites is 1. The zero-order chi connectivity index (χ0) is 13.8. The van der Waals surface area contributed by atoms with Crippen LogP contribution in [0.15, 0.2) is 36.4 Å². The monoisotopic (exact) mass is 279 g/mol. The number of ether oxygens (including phenoxy) is 1. The molecule has 0 saturated heterocycles. The summed E-state index contributed by atoms with van der Waals surface area (Å²) in [6, 6.07) is 10.1. The molecule has 0 unspecified atom stereocenters. The minimum Gasteiger partial charge on any atom is -0.456 e. The number of aryl methyl sites for hydroxylation is 1. The standard InChI is InChI=1S/C15H15ClFNO/c1-10-9-12(5-6-14(10)17)19-15-11(7-8-18)3-2-4-13(15)16/h2-6,9H,7-8,18H2,1H3. The first-order valence-electron chi connectivity index (χ1n) is 6.03. The molecule has 0 heterocycles. The summed E-state index contributed by atoms with van der Waals surface area (Å²) in [4.78, 5) is 0. The van der Waals surface area contributed by atoms with Crippen molar-refractivity contribution >= 4 is 11.6 Å². The summed E-state index contributed by atoms with van der Waals surface area (Å²) in [5.41, 5.74) is 7.04. The summed E-state index contributed by atoms with van der Waals surface area (Å²) in [6.07, 6.45) is 0.677. The molecule has 0 aliphatic carbocycles. The molecule has 0 saturated carbocycles. The summed E-state index contributed by atoms with van der Waals surface area (Å²) in [6.45, 7) is 2.20. The lowest BCUT2D eigenvalue weighted by Gasteiger charge is -2.13. The lowest BCUT2D eigenvalue weighted by Crippen LogP contribution is -2.04. The maximum absolute atomic E-state index is 13.2. The Hall–Kier alpha value is -1.58. The van der Waals surface area contributed by atoms with Crippen LogP contribution in [0.1, 0.15) is 11.1 Å². The van der Waals surface area contributed by atoms with E-state index in [-0.39, 0.29) is 5.82 Å². The van der Waals surface area contributed by atoms with E-state index >= 15 is 0 Å². The number of hydrogen-bond donors (Lipinski definition) is 1. The molecule has 0 aromatic heterocycles. The van der Waals surface area contributed by atoms with E-state index in [1.807, 2.05) is 12.1 Å². The second-order valence-electron chi connectivity index (χ2n) is 4.28. The molecule has 100 valence electrons. The number of benzene rings is 2. The van der Waals surface area contributed by atoms with Crippen LogP contribution in [0.2, 0.25) is 5.02 Å². The van der Waals surface area contributed by atoms with Gasteiger partial charge >= 0.3 is 0 Å². The van der Waals surface area contributed by atoms with Crippen LogP contribution in [0, 0.1) is 12.7 Å². The van der Waals surface area contributed by atoms with Crippen LogP contribution < -0.4 is 10.5 Å². The van der Waals surface area contributed by atoms with Gasteiger partial charge < -0.3 is 10.5 Å². The van der Waals surface area contributed by atoms with Crippen LogP contribution in [0.4, 0.5) is 4.39 Å². The van der Waals surface area contributed by atoms with Crippen LogP contribution in [0.25, 0.3) is 0 Å². The second kappa shape index (κ2) is 6.04. The Morgan fingerprint density at radius 3 is 2.74 bits per heavy atom. The molecule has 0 fully saturated rings. The van der Waals surface area contributed by atoms with Crippen molar-refractivity contribution in [3.05, 3.63) is 58.4 Å². The fourth-order valence-electron chi connectivity index (χ4n) is 1.82. The van der Waals surface area contributed by atoms with E-state index in [9.17, 15) is 4.39 Å². The van der Waals surface area contributed by atoms with Crippen molar-refractivity contribution in [2.75, 3.05) is 6.54 Å². The highest BCUT2D eigenvalue weighted by molar-refractivity contribution is 6.32. The molecular formula is C15H15ClFNO. The van der Waals surface area contributed by atoms with E-state index in [1.165, 1.54) is 6.07 Å². The molecular weight excluding hydrogens is 265 g/mol. The van der Waals surface area contributed by atoms with E-state index in [2.05, 4.69) is 0 Å². The molecule has 0 aliphatic heterocycles. The second-order valence-corrected chi connectivity index (χ2v) is 4.69. The lowest BCUT2D eigenvalue weighted by atomic mass is 10.1.